The number of hydrogen-bond donors (Lipinski definition) is 1. The Kier molecular flexibility index (Phi) is 5.36. The van der Waals surface area contributed by atoms with Crippen molar-refractivity contribution in [1.29, 1.82) is 0 Å². The molecule has 3 heteroatoms. The number of aryl methyl sites for hydroxylation is 2. The summed E-state index contributed by atoms with van der Waals surface area (Å²) in [5, 5.41) is 8.72. The first-order valence-corrected chi connectivity index (χ1v) is 6.94. The Morgan fingerprint density at radius 1 is 1.19 bits per heavy atom. The molecule has 2 rings (SSSR count). The van der Waals surface area contributed by atoms with Gasteiger partial charge in [0.05, 0.1) is 12.3 Å². The molecular weight excluding hydrogens is 262 g/mol. The second-order valence-electron chi connectivity index (χ2n) is 4.81. The van der Waals surface area contributed by atoms with E-state index in [1.807, 2.05) is 44.2 Å². The molecule has 3 nitrogen and oxygen atoms in total. The van der Waals surface area contributed by atoms with Gasteiger partial charge in [-0.05, 0) is 49.2 Å². The molecule has 1 aromatic carbocycles. The summed E-state index contributed by atoms with van der Waals surface area (Å²) in [6.45, 7) is 4.58. The molecule has 1 aromatic heterocycles. The van der Waals surface area contributed by atoms with Crippen LogP contribution in [-0.2, 0) is 6.61 Å². The lowest BCUT2D eigenvalue weighted by Gasteiger charge is -2.10. The SMILES string of the molecule is Cc1cc(C#CCCO)ccc1OCc1ncccc1C. The van der Waals surface area contributed by atoms with Crippen LogP contribution in [0.15, 0.2) is 36.5 Å². The summed E-state index contributed by atoms with van der Waals surface area (Å²) in [4.78, 5) is 4.32. The van der Waals surface area contributed by atoms with E-state index in [0.717, 1.165) is 28.1 Å². The minimum absolute atomic E-state index is 0.0939. The van der Waals surface area contributed by atoms with Gasteiger partial charge in [0, 0.05) is 18.2 Å². The zero-order valence-corrected chi connectivity index (χ0v) is 12.4. The van der Waals surface area contributed by atoms with Crippen molar-refractivity contribution in [3.63, 3.8) is 0 Å². The molecular formula is C18H19NO2. The van der Waals surface area contributed by atoms with E-state index in [4.69, 9.17) is 9.84 Å². The maximum atomic E-state index is 8.72. The lowest BCUT2D eigenvalue weighted by atomic mass is 10.1. The highest BCUT2D eigenvalue weighted by Gasteiger charge is 2.03. The molecule has 0 aliphatic rings. The lowest BCUT2D eigenvalue weighted by Crippen LogP contribution is -2.01. The van der Waals surface area contributed by atoms with Crippen molar-refractivity contribution in [2.45, 2.75) is 26.9 Å². The highest BCUT2D eigenvalue weighted by molar-refractivity contribution is 5.43. The number of ether oxygens (including phenoxy) is 1. The maximum absolute atomic E-state index is 8.72. The molecule has 0 amide bonds. The summed E-state index contributed by atoms with van der Waals surface area (Å²) in [6.07, 6.45) is 2.27. The number of aliphatic hydroxyl groups excluding tert-OH is 1. The molecule has 0 spiro atoms. The second kappa shape index (κ2) is 7.47. The Hall–Kier alpha value is -2.31. The largest absolute Gasteiger partial charge is 0.487 e. The highest BCUT2D eigenvalue weighted by Crippen LogP contribution is 2.20. The van der Waals surface area contributed by atoms with Crippen LogP contribution in [0.2, 0.25) is 0 Å². The standard InChI is InChI=1S/C18H19NO2/c1-14-6-5-10-19-17(14)13-21-18-9-8-16(12-15(18)2)7-3-4-11-20/h5-6,8-10,12,20H,4,11,13H2,1-2H3. The van der Waals surface area contributed by atoms with Gasteiger partial charge in [-0.1, -0.05) is 17.9 Å². The van der Waals surface area contributed by atoms with Gasteiger partial charge in [-0.3, -0.25) is 4.98 Å². The van der Waals surface area contributed by atoms with Crippen LogP contribution in [0.3, 0.4) is 0 Å². The first kappa shape index (κ1) is 15.1. The van der Waals surface area contributed by atoms with Gasteiger partial charge >= 0.3 is 0 Å². The van der Waals surface area contributed by atoms with Crippen LogP contribution in [0.1, 0.15) is 28.8 Å². The van der Waals surface area contributed by atoms with Gasteiger partial charge in [0.25, 0.3) is 0 Å². The molecule has 0 saturated carbocycles. The summed E-state index contributed by atoms with van der Waals surface area (Å²) in [7, 11) is 0. The molecule has 0 aliphatic heterocycles. The Bertz CT molecular complexity index is 668. The quantitative estimate of drug-likeness (QED) is 0.876. The summed E-state index contributed by atoms with van der Waals surface area (Å²) < 4.78 is 5.83. The van der Waals surface area contributed by atoms with Crippen molar-refractivity contribution in [2.75, 3.05) is 6.61 Å². The number of aliphatic hydroxyl groups is 1. The number of nitrogens with zero attached hydrogens (tertiary/aromatic N) is 1. The van der Waals surface area contributed by atoms with E-state index in [2.05, 4.69) is 16.8 Å². The third-order valence-corrected chi connectivity index (χ3v) is 3.13. The molecule has 0 radical (unpaired) electrons. The van der Waals surface area contributed by atoms with E-state index in [9.17, 15) is 0 Å². The van der Waals surface area contributed by atoms with Crippen LogP contribution >= 0.6 is 0 Å². The molecule has 0 unspecified atom stereocenters. The number of rotatable bonds is 4. The van der Waals surface area contributed by atoms with Crippen LogP contribution in [0.25, 0.3) is 0 Å². The summed E-state index contributed by atoms with van der Waals surface area (Å²) in [5.74, 6) is 6.77. The third kappa shape index (κ3) is 4.34. The van der Waals surface area contributed by atoms with Gasteiger partial charge < -0.3 is 9.84 Å². The summed E-state index contributed by atoms with van der Waals surface area (Å²) >= 11 is 0. The fourth-order valence-electron chi connectivity index (χ4n) is 1.93. The van der Waals surface area contributed by atoms with E-state index in [0.29, 0.717) is 13.0 Å². The van der Waals surface area contributed by atoms with E-state index in [1.165, 1.54) is 0 Å². The van der Waals surface area contributed by atoms with Gasteiger partial charge in [0.15, 0.2) is 0 Å². The van der Waals surface area contributed by atoms with Gasteiger partial charge in [0.1, 0.15) is 12.4 Å². The maximum Gasteiger partial charge on any atom is 0.130 e. The van der Waals surface area contributed by atoms with Gasteiger partial charge in [-0.15, -0.1) is 0 Å². The molecule has 0 aliphatic carbocycles. The molecule has 21 heavy (non-hydrogen) atoms. The Morgan fingerprint density at radius 3 is 2.76 bits per heavy atom. The van der Waals surface area contributed by atoms with Gasteiger partial charge in [-0.2, -0.15) is 0 Å². The predicted octanol–water partition coefficient (Wildman–Crippen LogP) is 3.01. The fraction of sp³-hybridized carbons (Fsp3) is 0.278. The van der Waals surface area contributed by atoms with Crippen molar-refractivity contribution in [3.8, 4) is 17.6 Å². The second-order valence-corrected chi connectivity index (χ2v) is 4.81. The topological polar surface area (TPSA) is 42.4 Å². The van der Waals surface area contributed by atoms with E-state index in [1.54, 1.807) is 6.20 Å². The normalized spacial score (nSPS) is 9.86. The third-order valence-electron chi connectivity index (χ3n) is 3.13. The minimum Gasteiger partial charge on any atom is -0.487 e. The van der Waals surface area contributed by atoms with Crippen LogP contribution in [0.4, 0.5) is 0 Å². The van der Waals surface area contributed by atoms with E-state index >= 15 is 0 Å². The lowest BCUT2D eigenvalue weighted by molar-refractivity contribution is 0.298. The minimum atomic E-state index is 0.0939. The first-order valence-electron chi connectivity index (χ1n) is 6.94. The van der Waals surface area contributed by atoms with E-state index in [-0.39, 0.29) is 6.61 Å². The molecule has 0 fully saturated rings. The van der Waals surface area contributed by atoms with Crippen LogP contribution in [-0.4, -0.2) is 16.7 Å². The molecule has 1 heterocycles. The summed E-state index contributed by atoms with van der Waals surface area (Å²) in [5.41, 5.74) is 4.05. The number of hydrogen-bond acceptors (Lipinski definition) is 3. The molecule has 0 atom stereocenters. The van der Waals surface area contributed by atoms with Crippen molar-refractivity contribution >= 4 is 0 Å². The zero-order valence-electron chi connectivity index (χ0n) is 12.4. The van der Waals surface area contributed by atoms with Crippen molar-refractivity contribution < 1.29 is 9.84 Å². The molecule has 0 saturated heterocycles. The molecule has 1 N–H and O–H groups in total. The van der Waals surface area contributed by atoms with Gasteiger partial charge in [0.2, 0.25) is 0 Å². The van der Waals surface area contributed by atoms with Crippen molar-refractivity contribution in [2.24, 2.45) is 0 Å². The van der Waals surface area contributed by atoms with E-state index < -0.39 is 0 Å². The molecule has 0 bridgehead atoms. The number of pyridine rings is 1. The molecule has 2 aromatic rings. The van der Waals surface area contributed by atoms with Crippen molar-refractivity contribution in [3.05, 3.63) is 58.9 Å². The zero-order chi connectivity index (χ0) is 15.1. The average molecular weight is 281 g/mol. The van der Waals surface area contributed by atoms with Crippen LogP contribution < -0.4 is 4.74 Å². The Morgan fingerprint density at radius 2 is 2.05 bits per heavy atom. The Labute approximate surface area is 125 Å². The van der Waals surface area contributed by atoms with Crippen LogP contribution in [0, 0.1) is 25.7 Å². The number of benzene rings is 1. The van der Waals surface area contributed by atoms with Gasteiger partial charge in [-0.25, -0.2) is 0 Å². The first-order chi connectivity index (χ1) is 10.2. The highest BCUT2D eigenvalue weighted by atomic mass is 16.5. The fourth-order valence-corrected chi connectivity index (χ4v) is 1.93. The predicted molar refractivity (Wildman–Crippen MR) is 83.1 cm³/mol. The Balaban J connectivity index is 2.05. The number of aromatic nitrogens is 1. The smallest absolute Gasteiger partial charge is 0.130 e. The van der Waals surface area contributed by atoms with Crippen LogP contribution in [0.5, 0.6) is 5.75 Å². The molecule has 108 valence electrons. The average Bonchev–Trinajstić information content (AvgIpc) is 2.48. The van der Waals surface area contributed by atoms with Crippen molar-refractivity contribution in [1.82, 2.24) is 4.98 Å². The monoisotopic (exact) mass is 281 g/mol. The summed E-state index contributed by atoms with van der Waals surface area (Å²) in [6, 6.07) is 9.79.